The number of H-pyrrole nitrogens is 1. The first-order valence-electron chi connectivity index (χ1n) is 5.25. The fourth-order valence-corrected chi connectivity index (χ4v) is 2.23. The van der Waals surface area contributed by atoms with Crippen LogP contribution >= 0.6 is 0 Å². The van der Waals surface area contributed by atoms with Crippen molar-refractivity contribution in [2.75, 3.05) is 13.1 Å². The number of hydrogen-bond donors (Lipinski definition) is 3. The van der Waals surface area contributed by atoms with Gasteiger partial charge in [0, 0.05) is 6.54 Å². The molecule has 0 spiro atoms. The number of nitrogens with zero attached hydrogens (tertiary/aromatic N) is 1. The monoisotopic (exact) mass is 246 g/mol. The molecule has 1 atom stereocenters. The van der Waals surface area contributed by atoms with Gasteiger partial charge in [0.1, 0.15) is 0 Å². The Morgan fingerprint density at radius 1 is 1.62 bits per heavy atom. The van der Waals surface area contributed by atoms with Gasteiger partial charge in [0.2, 0.25) is 0 Å². The molecule has 0 aromatic carbocycles. The van der Waals surface area contributed by atoms with E-state index in [2.05, 4.69) is 14.9 Å². The second kappa shape index (κ2) is 5.97. The van der Waals surface area contributed by atoms with Gasteiger partial charge in [0.05, 0.1) is 6.20 Å². The first-order valence-corrected chi connectivity index (χ1v) is 6.73. The molecule has 6 nitrogen and oxygen atoms in total. The van der Waals surface area contributed by atoms with Crippen LogP contribution in [0.5, 0.6) is 0 Å². The Bertz CT molecular complexity index is 388. The third-order valence-electron chi connectivity index (χ3n) is 2.33. The van der Waals surface area contributed by atoms with Crippen molar-refractivity contribution >= 4 is 10.0 Å². The number of sulfonamides is 1. The van der Waals surface area contributed by atoms with E-state index in [1.54, 1.807) is 0 Å². The van der Waals surface area contributed by atoms with Crippen LogP contribution in [0, 0.1) is 5.92 Å². The smallest absolute Gasteiger partial charge is 0.257 e. The molecule has 1 aromatic rings. The minimum absolute atomic E-state index is 0.0966. The van der Waals surface area contributed by atoms with Crippen LogP contribution in [0.2, 0.25) is 0 Å². The Hall–Kier alpha value is -0.920. The van der Waals surface area contributed by atoms with Gasteiger partial charge >= 0.3 is 0 Å². The van der Waals surface area contributed by atoms with Crippen molar-refractivity contribution < 1.29 is 8.42 Å². The lowest BCUT2D eigenvalue weighted by Gasteiger charge is -2.08. The molecule has 4 N–H and O–H groups in total. The number of hydrogen-bond acceptors (Lipinski definition) is 4. The summed E-state index contributed by atoms with van der Waals surface area (Å²) in [4.78, 5) is 0. The van der Waals surface area contributed by atoms with Crippen LogP contribution in [0.15, 0.2) is 17.3 Å². The van der Waals surface area contributed by atoms with Crippen LogP contribution in [-0.4, -0.2) is 31.7 Å². The summed E-state index contributed by atoms with van der Waals surface area (Å²) in [6.45, 7) is 3.10. The number of aromatic amines is 1. The number of nitrogens with two attached hydrogens (primary N) is 1. The third-order valence-corrected chi connectivity index (χ3v) is 3.72. The number of rotatable bonds is 7. The molecule has 1 unspecified atom stereocenters. The molecule has 7 heteroatoms. The average Bonchev–Trinajstić information content (AvgIpc) is 2.78. The molecule has 0 aliphatic carbocycles. The molecule has 0 aliphatic rings. The van der Waals surface area contributed by atoms with Crippen LogP contribution in [0.25, 0.3) is 0 Å². The summed E-state index contributed by atoms with van der Waals surface area (Å²) in [5.41, 5.74) is 5.47. The van der Waals surface area contributed by atoms with Gasteiger partial charge in [-0.15, -0.1) is 0 Å². The van der Waals surface area contributed by atoms with Crippen molar-refractivity contribution in [2.45, 2.75) is 24.8 Å². The molecule has 1 aromatic heterocycles. The molecule has 0 aliphatic heterocycles. The van der Waals surface area contributed by atoms with Crippen molar-refractivity contribution in [3.63, 3.8) is 0 Å². The summed E-state index contributed by atoms with van der Waals surface area (Å²) in [5, 5.41) is 6.11. The largest absolute Gasteiger partial charge is 0.330 e. The topological polar surface area (TPSA) is 101 Å². The second-order valence-electron chi connectivity index (χ2n) is 3.80. The van der Waals surface area contributed by atoms with E-state index in [0.29, 0.717) is 19.0 Å². The Labute approximate surface area is 95.7 Å². The number of nitrogens with one attached hydrogen (secondary N) is 2. The van der Waals surface area contributed by atoms with E-state index in [1.165, 1.54) is 12.3 Å². The van der Waals surface area contributed by atoms with Crippen molar-refractivity contribution in [1.29, 1.82) is 0 Å². The Balaban J connectivity index is 2.33. The fourth-order valence-electron chi connectivity index (χ4n) is 1.25. The van der Waals surface area contributed by atoms with Gasteiger partial charge in [0.15, 0.2) is 5.03 Å². The fraction of sp³-hybridized carbons (Fsp3) is 0.667. The molecule has 92 valence electrons. The van der Waals surface area contributed by atoms with Crippen LogP contribution in [0.4, 0.5) is 0 Å². The molecule has 1 rings (SSSR count). The molecule has 16 heavy (non-hydrogen) atoms. The van der Waals surface area contributed by atoms with E-state index in [1.807, 2.05) is 6.92 Å². The van der Waals surface area contributed by atoms with E-state index in [0.717, 1.165) is 12.8 Å². The SMILES string of the molecule is CC(CN)CCCNS(=O)(=O)c1ccn[nH]1. The average molecular weight is 246 g/mol. The molecule has 0 bridgehead atoms. The zero-order valence-electron chi connectivity index (χ0n) is 9.31. The normalized spacial score (nSPS) is 13.9. The van der Waals surface area contributed by atoms with Crippen LogP contribution < -0.4 is 10.5 Å². The zero-order chi connectivity index (χ0) is 12.0. The van der Waals surface area contributed by atoms with Gasteiger partial charge in [-0.2, -0.15) is 5.10 Å². The zero-order valence-corrected chi connectivity index (χ0v) is 10.1. The van der Waals surface area contributed by atoms with E-state index in [-0.39, 0.29) is 5.03 Å². The predicted octanol–water partition coefficient (Wildman–Crippen LogP) is 0.0630. The van der Waals surface area contributed by atoms with Crippen molar-refractivity contribution in [2.24, 2.45) is 11.7 Å². The lowest BCUT2D eigenvalue weighted by atomic mass is 10.1. The molecule has 0 amide bonds. The third kappa shape index (κ3) is 3.92. The second-order valence-corrected chi connectivity index (χ2v) is 5.54. The van der Waals surface area contributed by atoms with Gasteiger partial charge in [-0.05, 0) is 31.4 Å². The van der Waals surface area contributed by atoms with Crippen molar-refractivity contribution in [3.8, 4) is 0 Å². The lowest BCUT2D eigenvalue weighted by molar-refractivity contribution is 0.513. The minimum Gasteiger partial charge on any atom is -0.330 e. The maximum absolute atomic E-state index is 11.6. The van der Waals surface area contributed by atoms with Gasteiger partial charge in [-0.1, -0.05) is 6.92 Å². The summed E-state index contributed by atoms with van der Waals surface area (Å²) in [6, 6.07) is 1.42. The van der Waals surface area contributed by atoms with Gasteiger partial charge in [-0.3, -0.25) is 5.10 Å². The number of aromatic nitrogens is 2. The molecular weight excluding hydrogens is 228 g/mol. The minimum atomic E-state index is -3.42. The highest BCUT2D eigenvalue weighted by molar-refractivity contribution is 7.89. The quantitative estimate of drug-likeness (QED) is 0.592. The summed E-state index contributed by atoms with van der Waals surface area (Å²) < 4.78 is 25.7. The molecule has 1 heterocycles. The molecule has 0 fully saturated rings. The van der Waals surface area contributed by atoms with E-state index >= 15 is 0 Å². The Morgan fingerprint density at radius 3 is 2.94 bits per heavy atom. The van der Waals surface area contributed by atoms with Gasteiger partial charge in [-0.25, -0.2) is 13.1 Å². The maximum Gasteiger partial charge on any atom is 0.257 e. The van der Waals surface area contributed by atoms with E-state index < -0.39 is 10.0 Å². The first kappa shape index (κ1) is 13.1. The van der Waals surface area contributed by atoms with E-state index in [4.69, 9.17) is 5.73 Å². The highest BCUT2D eigenvalue weighted by atomic mass is 32.2. The highest BCUT2D eigenvalue weighted by Gasteiger charge is 2.14. The lowest BCUT2D eigenvalue weighted by Crippen LogP contribution is -2.25. The molecule has 0 radical (unpaired) electrons. The molecule has 0 saturated heterocycles. The first-order chi connectivity index (χ1) is 7.56. The highest BCUT2D eigenvalue weighted by Crippen LogP contribution is 2.05. The Kier molecular flexibility index (Phi) is 4.91. The van der Waals surface area contributed by atoms with Gasteiger partial charge in [0.25, 0.3) is 10.0 Å². The van der Waals surface area contributed by atoms with Crippen LogP contribution in [-0.2, 0) is 10.0 Å². The Morgan fingerprint density at radius 2 is 2.38 bits per heavy atom. The predicted molar refractivity (Wildman–Crippen MR) is 61.2 cm³/mol. The standard InChI is InChI=1S/C9H18N4O2S/c1-8(7-10)3-2-5-12-16(14,15)9-4-6-11-13-9/h4,6,8,12H,2-3,5,7,10H2,1H3,(H,11,13). The molecular formula is C9H18N4O2S. The van der Waals surface area contributed by atoms with Crippen LogP contribution in [0.1, 0.15) is 19.8 Å². The summed E-state index contributed by atoms with van der Waals surface area (Å²) >= 11 is 0. The van der Waals surface area contributed by atoms with Crippen LogP contribution in [0.3, 0.4) is 0 Å². The maximum atomic E-state index is 11.6. The van der Waals surface area contributed by atoms with Crippen molar-refractivity contribution in [3.05, 3.63) is 12.3 Å². The molecule has 0 saturated carbocycles. The summed E-state index contributed by atoms with van der Waals surface area (Å²) in [6.07, 6.45) is 3.11. The van der Waals surface area contributed by atoms with E-state index in [9.17, 15) is 8.42 Å². The van der Waals surface area contributed by atoms with Crippen molar-refractivity contribution in [1.82, 2.24) is 14.9 Å². The summed E-state index contributed by atoms with van der Waals surface area (Å²) in [5.74, 6) is 0.427. The summed E-state index contributed by atoms with van der Waals surface area (Å²) in [7, 11) is -3.42. The van der Waals surface area contributed by atoms with Gasteiger partial charge < -0.3 is 5.73 Å².